The Balaban J connectivity index is 1.40. The predicted molar refractivity (Wildman–Crippen MR) is 107 cm³/mol. The number of carbonyl (C=O) groups excluding carboxylic acids is 2. The van der Waals surface area contributed by atoms with Crippen LogP contribution >= 0.6 is 0 Å². The second-order valence-corrected chi connectivity index (χ2v) is 7.97. The lowest BCUT2D eigenvalue weighted by atomic mass is 9.91. The van der Waals surface area contributed by atoms with Gasteiger partial charge in [-0.1, -0.05) is 25.5 Å². The van der Waals surface area contributed by atoms with Crippen LogP contribution in [0.1, 0.15) is 32.6 Å². The maximum atomic E-state index is 13.2. The van der Waals surface area contributed by atoms with Gasteiger partial charge in [-0.2, -0.15) is 0 Å². The average Bonchev–Trinajstić information content (AvgIpc) is 3.23. The summed E-state index contributed by atoms with van der Waals surface area (Å²) in [7, 11) is 1.69. The number of ether oxygens (including phenoxy) is 1. The highest BCUT2D eigenvalue weighted by atomic mass is 16.5. The molecular formula is C21H30N4O3. The Labute approximate surface area is 166 Å². The molecule has 3 aliphatic rings. The summed E-state index contributed by atoms with van der Waals surface area (Å²) >= 11 is 0. The number of anilines is 1. The van der Waals surface area contributed by atoms with Crippen LogP contribution in [0.2, 0.25) is 0 Å². The van der Waals surface area contributed by atoms with Crippen molar-refractivity contribution in [1.29, 1.82) is 0 Å². The van der Waals surface area contributed by atoms with Crippen LogP contribution in [-0.2, 0) is 4.79 Å². The maximum absolute atomic E-state index is 13.2. The average molecular weight is 386 g/mol. The van der Waals surface area contributed by atoms with Gasteiger partial charge < -0.3 is 14.5 Å². The molecule has 0 N–H and O–H groups in total. The molecule has 1 aromatic rings. The number of piperazine rings is 1. The summed E-state index contributed by atoms with van der Waals surface area (Å²) in [5, 5.41) is 0. The monoisotopic (exact) mass is 386 g/mol. The molecule has 3 amide bonds. The third kappa shape index (κ3) is 3.02. The Kier molecular flexibility index (Phi) is 5.19. The lowest BCUT2D eigenvalue weighted by Gasteiger charge is -2.37. The molecule has 0 saturated carbocycles. The minimum absolute atomic E-state index is 0.0176. The van der Waals surface area contributed by atoms with E-state index in [0.29, 0.717) is 13.2 Å². The van der Waals surface area contributed by atoms with Gasteiger partial charge in [-0.3, -0.25) is 9.69 Å². The molecular weight excluding hydrogens is 356 g/mol. The smallest absolute Gasteiger partial charge is 0.328 e. The molecule has 3 fully saturated rings. The maximum Gasteiger partial charge on any atom is 0.328 e. The summed E-state index contributed by atoms with van der Waals surface area (Å²) in [6.07, 6.45) is 3.43. The van der Waals surface area contributed by atoms with E-state index in [1.54, 1.807) is 7.11 Å². The summed E-state index contributed by atoms with van der Waals surface area (Å²) in [5.74, 6) is 0.895. The number of para-hydroxylation sites is 2. The molecule has 28 heavy (non-hydrogen) atoms. The van der Waals surface area contributed by atoms with Gasteiger partial charge >= 0.3 is 6.03 Å². The first-order valence-corrected chi connectivity index (χ1v) is 10.3. The van der Waals surface area contributed by atoms with Gasteiger partial charge in [0.1, 0.15) is 11.3 Å². The topological polar surface area (TPSA) is 56.3 Å². The second kappa shape index (κ2) is 7.62. The van der Waals surface area contributed by atoms with Crippen molar-refractivity contribution in [3.05, 3.63) is 24.3 Å². The number of imide groups is 1. The van der Waals surface area contributed by atoms with Crippen LogP contribution in [0, 0.1) is 0 Å². The zero-order valence-corrected chi connectivity index (χ0v) is 16.9. The summed E-state index contributed by atoms with van der Waals surface area (Å²) < 4.78 is 5.48. The van der Waals surface area contributed by atoms with Gasteiger partial charge in [-0.05, 0) is 31.4 Å². The molecule has 152 valence electrons. The number of fused-ring (bicyclic) bond motifs is 1. The van der Waals surface area contributed by atoms with E-state index in [2.05, 4.69) is 22.8 Å². The molecule has 3 aliphatic heterocycles. The van der Waals surface area contributed by atoms with Gasteiger partial charge in [0, 0.05) is 32.7 Å². The second-order valence-electron chi connectivity index (χ2n) is 7.97. The van der Waals surface area contributed by atoms with E-state index >= 15 is 0 Å². The molecule has 0 aliphatic carbocycles. The van der Waals surface area contributed by atoms with Crippen molar-refractivity contribution in [2.45, 2.75) is 38.1 Å². The summed E-state index contributed by atoms with van der Waals surface area (Å²) in [6.45, 7) is 6.53. The van der Waals surface area contributed by atoms with Gasteiger partial charge in [-0.25, -0.2) is 9.69 Å². The quantitative estimate of drug-likeness (QED) is 0.703. The number of nitrogens with zero attached hydrogens (tertiary/aromatic N) is 4. The first kappa shape index (κ1) is 19.1. The van der Waals surface area contributed by atoms with Gasteiger partial charge in [0.05, 0.1) is 19.5 Å². The standard InChI is InChI=1S/C21H30N4O3/c1-3-9-21-10-6-11-25(21)20(27)24(19(21)26)16-22-12-14-23(15-13-22)17-7-4-5-8-18(17)28-2/h4-5,7-8H,3,6,9-16H2,1-2H3. The van der Waals surface area contributed by atoms with E-state index in [0.717, 1.165) is 63.3 Å². The molecule has 1 atom stereocenters. The normalized spacial score (nSPS) is 25.6. The minimum Gasteiger partial charge on any atom is -0.495 e. The molecule has 1 unspecified atom stereocenters. The number of carbonyl (C=O) groups is 2. The Morgan fingerprint density at radius 1 is 1.07 bits per heavy atom. The van der Waals surface area contributed by atoms with Crippen LogP contribution in [-0.4, -0.2) is 78.7 Å². The Morgan fingerprint density at radius 3 is 2.54 bits per heavy atom. The zero-order valence-electron chi connectivity index (χ0n) is 16.9. The lowest BCUT2D eigenvalue weighted by molar-refractivity contribution is -0.134. The lowest BCUT2D eigenvalue weighted by Crippen LogP contribution is -2.52. The van der Waals surface area contributed by atoms with Crippen molar-refractivity contribution in [2.24, 2.45) is 0 Å². The van der Waals surface area contributed by atoms with Crippen LogP contribution in [0.25, 0.3) is 0 Å². The van der Waals surface area contributed by atoms with Crippen LogP contribution in [0.15, 0.2) is 24.3 Å². The fourth-order valence-electron chi connectivity index (χ4n) is 4.99. The molecule has 0 spiro atoms. The van der Waals surface area contributed by atoms with Crippen LogP contribution < -0.4 is 9.64 Å². The number of benzene rings is 1. The predicted octanol–water partition coefficient (Wildman–Crippen LogP) is 2.37. The van der Waals surface area contributed by atoms with E-state index in [1.807, 2.05) is 23.1 Å². The first-order valence-electron chi connectivity index (χ1n) is 10.3. The molecule has 7 heteroatoms. The van der Waals surface area contributed by atoms with Crippen molar-refractivity contribution < 1.29 is 14.3 Å². The van der Waals surface area contributed by atoms with Crippen LogP contribution in [0.3, 0.4) is 0 Å². The minimum atomic E-state index is -0.564. The number of methoxy groups -OCH3 is 1. The largest absolute Gasteiger partial charge is 0.495 e. The molecule has 0 radical (unpaired) electrons. The van der Waals surface area contributed by atoms with E-state index in [9.17, 15) is 9.59 Å². The summed E-state index contributed by atoms with van der Waals surface area (Å²) in [4.78, 5) is 33.9. The fourth-order valence-corrected chi connectivity index (χ4v) is 4.99. The highest BCUT2D eigenvalue weighted by Gasteiger charge is 2.58. The summed E-state index contributed by atoms with van der Waals surface area (Å²) in [5.41, 5.74) is 0.533. The van der Waals surface area contributed by atoms with Crippen molar-refractivity contribution in [3.8, 4) is 5.75 Å². The van der Waals surface area contributed by atoms with Gasteiger partial charge in [0.15, 0.2) is 0 Å². The molecule has 1 aromatic carbocycles. The van der Waals surface area contributed by atoms with Crippen LogP contribution in [0.4, 0.5) is 10.5 Å². The Morgan fingerprint density at radius 2 is 1.82 bits per heavy atom. The van der Waals surface area contributed by atoms with E-state index < -0.39 is 5.54 Å². The highest BCUT2D eigenvalue weighted by molar-refractivity contribution is 6.07. The van der Waals surface area contributed by atoms with Crippen molar-refractivity contribution >= 4 is 17.6 Å². The summed E-state index contributed by atoms with van der Waals surface area (Å²) in [6, 6.07) is 7.95. The van der Waals surface area contributed by atoms with Crippen molar-refractivity contribution in [3.63, 3.8) is 0 Å². The molecule has 3 heterocycles. The SMILES string of the molecule is CCCC12CCCN1C(=O)N(CN1CCN(c3ccccc3OC)CC1)C2=O. The third-order valence-electron chi connectivity index (χ3n) is 6.40. The third-order valence-corrected chi connectivity index (χ3v) is 6.40. The number of rotatable bonds is 6. The number of urea groups is 1. The molecule has 0 bridgehead atoms. The molecule has 4 rings (SSSR count). The zero-order chi connectivity index (χ0) is 19.7. The fraction of sp³-hybridized carbons (Fsp3) is 0.619. The molecule has 7 nitrogen and oxygen atoms in total. The van der Waals surface area contributed by atoms with E-state index in [4.69, 9.17) is 4.74 Å². The van der Waals surface area contributed by atoms with Crippen LogP contribution in [0.5, 0.6) is 5.75 Å². The Hall–Kier alpha value is -2.28. The van der Waals surface area contributed by atoms with E-state index in [-0.39, 0.29) is 11.9 Å². The molecule has 3 saturated heterocycles. The first-order chi connectivity index (χ1) is 13.6. The Bertz CT molecular complexity index is 747. The van der Waals surface area contributed by atoms with Gasteiger partial charge in [0.25, 0.3) is 5.91 Å². The van der Waals surface area contributed by atoms with Gasteiger partial charge in [-0.15, -0.1) is 0 Å². The van der Waals surface area contributed by atoms with E-state index in [1.165, 1.54) is 4.90 Å². The van der Waals surface area contributed by atoms with Crippen molar-refractivity contribution in [2.75, 3.05) is 51.4 Å². The number of hydrogen-bond acceptors (Lipinski definition) is 5. The number of hydrogen-bond donors (Lipinski definition) is 0. The highest BCUT2D eigenvalue weighted by Crippen LogP contribution is 2.41. The molecule has 0 aromatic heterocycles. The number of amides is 3. The van der Waals surface area contributed by atoms with Gasteiger partial charge in [0.2, 0.25) is 0 Å². The van der Waals surface area contributed by atoms with Crippen molar-refractivity contribution in [1.82, 2.24) is 14.7 Å².